The molecule has 0 radical (unpaired) electrons. The number of epoxide rings is 1. The molecule has 0 N–H and O–H groups in total. The summed E-state index contributed by atoms with van der Waals surface area (Å²) in [5.41, 5.74) is -0.999. The number of nitrogens with zero attached hydrogens (tertiary/aromatic N) is 1. The fourth-order valence-corrected chi connectivity index (χ4v) is 9.57. The first-order valence-electron chi connectivity index (χ1n) is 10.0. The maximum atomic E-state index is 13.6. The van der Waals surface area contributed by atoms with Crippen LogP contribution >= 0.6 is 33.3 Å². The van der Waals surface area contributed by atoms with Gasteiger partial charge in [-0.05, 0) is 16.2 Å². The summed E-state index contributed by atoms with van der Waals surface area (Å²) in [6.45, 7) is 17.4. The summed E-state index contributed by atoms with van der Waals surface area (Å²) >= 11 is 1.58. The minimum absolute atomic E-state index is 0.0881. The molecule has 4 heterocycles. The molecule has 1 spiro atoms. The van der Waals surface area contributed by atoms with Gasteiger partial charge in [0, 0.05) is 4.75 Å². The molecule has 0 bridgehead atoms. The van der Waals surface area contributed by atoms with Crippen molar-refractivity contribution in [1.82, 2.24) is 4.90 Å². The number of rotatable bonds is 5. The van der Waals surface area contributed by atoms with Gasteiger partial charge in [-0.3, -0.25) is 9.69 Å². The molecule has 1 amide bonds. The van der Waals surface area contributed by atoms with Gasteiger partial charge >= 0.3 is 5.97 Å². The second-order valence-electron chi connectivity index (χ2n) is 10.1. The van der Waals surface area contributed by atoms with E-state index in [1.165, 1.54) is 6.08 Å². The first-order chi connectivity index (χ1) is 13.9. The van der Waals surface area contributed by atoms with Crippen LogP contribution in [0.15, 0.2) is 22.6 Å². The number of esters is 1. The fraction of sp³-hybridized carbons (Fsp3) is 0.714. The summed E-state index contributed by atoms with van der Waals surface area (Å²) in [4.78, 5) is 28.2. The van der Waals surface area contributed by atoms with Crippen LogP contribution in [-0.2, 0) is 23.8 Å². The van der Waals surface area contributed by atoms with Crippen molar-refractivity contribution in [2.75, 3.05) is 19.8 Å². The lowest BCUT2D eigenvalue weighted by Crippen LogP contribution is -2.80. The summed E-state index contributed by atoms with van der Waals surface area (Å²) in [5, 5.41) is -0.196. The molecule has 0 aromatic heterocycles. The lowest BCUT2D eigenvalue weighted by Gasteiger charge is -2.65. The van der Waals surface area contributed by atoms with Gasteiger partial charge in [-0.25, -0.2) is 4.79 Å². The van der Waals surface area contributed by atoms with Gasteiger partial charge in [0.05, 0.1) is 17.5 Å². The molecule has 4 aliphatic rings. The number of fused-ring (bicyclic) bond motifs is 1. The highest BCUT2D eigenvalue weighted by Crippen LogP contribution is 2.68. The molecule has 3 fully saturated rings. The first kappa shape index (κ1) is 22.6. The first-order valence-corrected chi connectivity index (χ1v) is 13.1. The second-order valence-corrected chi connectivity index (χ2v) is 14.5. The van der Waals surface area contributed by atoms with Crippen molar-refractivity contribution in [2.45, 2.75) is 62.9 Å². The molecule has 30 heavy (non-hydrogen) atoms. The van der Waals surface area contributed by atoms with Gasteiger partial charge in [-0.1, -0.05) is 65.0 Å². The average Bonchev–Trinajstić information content (AvgIpc) is 3.43. The molecular formula is C21H29NO5S3. The van der Waals surface area contributed by atoms with E-state index in [0.717, 1.165) is 4.24 Å². The summed E-state index contributed by atoms with van der Waals surface area (Å²) < 4.78 is 18.1. The second kappa shape index (κ2) is 7.20. The van der Waals surface area contributed by atoms with Crippen LogP contribution in [0.2, 0.25) is 0 Å². The lowest BCUT2D eigenvalue weighted by atomic mass is 9.57. The van der Waals surface area contributed by atoms with Gasteiger partial charge in [-0.15, -0.1) is 11.8 Å². The predicted octanol–water partition coefficient (Wildman–Crippen LogP) is 4.18. The van der Waals surface area contributed by atoms with E-state index >= 15 is 0 Å². The largest absolute Gasteiger partial charge is 0.457 e. The summed E-state index contributed by atoms with van der Waals surface area (Å²) in [6.07, 6.45) is 1.53. The van der Waals surface area contributed by atoms with E-state index < -0.39 is 11.6 Å². The Bertz CT molecular complexity index is 819. The summed E-state index contributed by atoms with van der Waals surface area (Å²) in [5.74, 6) is -0.938. The third kappa shape index (κ3) is 3.18. The molecule has 0 saturated carbocycles. The zero-order valence-corrected chi connectivity index (χ0v) is 20.7. The molecule has 0 aliphatic carbocycles. The van der Waals surface area contributed by atoms with Gasteiger partial charge in [-0.2, -0.15) is 0 Å². The number of hydrogen-bond acceptors (Lipinski definition) is 8. The summed E-state index contributed by atoms with van der Waals surface area (Å²) in [6, 6.07) is 0. The van der Waals surface area contributed by atoms with E-state index in [1.807, 2.05) is 0 Å². The maximum absolute atomic E-state index is 13.6. The summed E-state index contributed by atoms with van der Waals surface area (Å²) in [7, 11) is 3.17. The molecular weight excluding hydrogens is 442 g/mol. The van der Waals surface area contributed by atoms with E-state index in [0.29, 0.717) is 18.9 Å². The van der Waals surface area contributed by atoms with Crippen LogP contribution in [0, 0.1) is 11.3 Å². The number of thioether (sulfide) groups is 1. The molecule has 0 aromatic carbocycles. The SMILES string of the molecule is C=CCOC(=O)C1=C(SC(C)(C)C)SS[C@@H]2[C@@H]([C@]3(C(C)(C)C)OCC34CO4)C(=O)N12. The van der Waals surface area contributed by atoms with Gasteiger partial charge in [0.15, 0.2) is 5.70 Å². The van der Waals surface area contributed by atoms with Gasteiger partial charge in [0.2, 0.25) is 5.91 Å². The van der Waals surface area contributed by atoms with Crippen LogP contribution in [0.1, 0.15) is 41.5 Å². The topological polar surface area (TPSA) is 68.4 Å². The van der Waals surface area contributed by atoms with Gasteiger partial charge in [0.25, 0.3) is 0 Å². The van der Waals surface area contributed by atoms with E-state index in [-0.39, 0.29) is 39.6 Å². The monoisotopic (exact) mass is 471 g/mol. The van der Waals surface area contributed by atoms with Crippen molar-refractivity contribution in [2.24, 2.45) is 11.3 Å². The van der Waals surface area contributed by atoms with Gasteiger partial charge < -0.3 is 14.2 Å². The number of carbonyl (C=O) groups is 2. The minimum atomic E-state index is -0.684. The normalized spacial score (nSPS) is 35.5. The molecule has 166 valence electrons. The molecule has 9 heteroatoms. The molecule has 4 atom stereocenters. The fourth-order valence-electron chi connectivity index (χ4n) is 4.65. The van der Waals surface area contributed by atoms with E-state index in [4.69, 9.17) is 14.2 Å². The Morgan fingerprint density at radius 3 is 2.40 bits per heavy atom. The Hall–Kier alpha value is -0.610. The van der Waals surface area contributed by atoms with Crippen molar-refractivity contribution < 1.29 is 23.8 Å². The molecule has 3 saturated heterocycles. The maximum Gasteiger partial charge on any atom is 0.357 e. The average molecular weight is 472 g/mol. The van der Waals surface area contributed by atoms with E-state index in [1.54, 1.807) is 38.2 Å². The molecule has 0 aromatic rings. The Kier molecular flexibility index (Phi) is 5.42. The van der Waals surface area contributed by atoms with Crippen molar-refractivity contribution >= 4 is 45.2 Å². The van der Waals surface area contributed by atoms with Crippen LogP contribution < -0.4 is 0 Å². The molecule has 6 nitrogen and oxygen atoms in total. The highest BCUT2D eigenvalue weighted by molar-refractivity contribution is 8.80. The Morgan fingerprint density at radius 2 is 1.93 bits per heavy atom. The van der Waals surface area contributed by atoms with Crippen LogP contribution in [-0.4, -0.2) is 57.9 Å². The lowest BCUT2D eigenvalue weighted by molar-refractivity contribution is -0.299. The van der Waals surface area contributed by atoms with Crippen LogP contribution in [0.3, 0.4) is 0 Å². The number of amides is 1. The van der Waals surface area contributed by atoms with Crippen molar-refractivity contribution in [1.29, 1.82) is 0 Å². The van der Waals surface area contributed by atoms with Crippen molar-refractivity contribution in [3.05, 3.63) is 22.6 Å². The zero-order valence-electron chi connectivity index (χ0n) is 18.3. The van der Waals surface area contributed by atoms with Crippen LogP contribution in [0.5, 0.6) is 0 Å². The standard InChI is InChI=1S/C21H29NO5S3/c1-8-9-25-16(24)13-17(28-19(5,6)7)30-29-15-12(14(23)22(13)15)21(18(2,3)4)20(10-26-20)11-27-21/h8,12,15H,1,9-11H2,2-7H3/t12-,15+,20?,21+/m0/s1. The minimum Gasteiger partial charge on any atom is -0.457 e. The van der Waals surface area contributed by atoms with Crippen molar-refractivity contribution in [3.63, 3.8) is 0 Å². The number of β-lactam (4-membered cyclic amide) rings is 1. The highest BCUT2D eigenvalue weighted by atomic mass is 33.1. The number of carbonyl (C=O) groups excluding carboxylic acids is 2. The third-order valence-electron chi connectivity index (χ3n) is 5.88. The Balaban J connectivity index is 1.69. The number of ether oxygens (including phenoxy) is 3. The van der Waals surface area contributed by atoms with Crippen molar-refractivity contribution in [3.8, 4) is 0 Å². The third-order valence-corrected chi connectivity index (χ3v) is 10.2. The number of hydrogen-bond donors (Lipinski definition) is 0. The molecule has 4 rings (SSSR count). The van der Waals surface area contributed by atoms with E-state index in [2.05, 4.69) is 48.1 Å². The Morgan fingerprint density at radius 1 is 1.30 bits per heavy atom. The van der Waals surface area contributed by atoms with Crippen LogP contribution in [0.4, 0.5) is 0 Å². The molecule has 1 unspecified atom stereocenters. The smallest absolute Gasteiger partial charge is 0.357 e. The van der Waals surface area contributed by atoms with E-state index in [9.17, 15) is 9.59 Å². The quantitative estimate of drug-likeness (QED) is 0.194. The highest BCUT2D eigenvalue weighted by Gasteiger charge is 2.82. The zero-order chi connectivity index (χ0) is 22.1. The van der Waals surface area contributed by atoms with Gasteiger partial charge in [0.1, 0.15) is 29.1 Å². The Labute approximate surface area is 190 Å². The molecule has 4 aliphatic heterocycles. The predicted molar refractivity (Wildman–Crippen MR) is 122 cm³/mol. The van der Waals surface area contributed by atoms with Crippen LogP contribution in [0.25, 0.3) is 0 Å².